The molecule has 26 heavy (non-hydrogen) atoms. The van der Waals surface area contributed by atoms with E-state index in [0.29, 0.717) is 11.6 Å². The maximum Gasteiger partial charge on any atom is 0.315 e. The monoisotopic (exact) mass is 368 g/mol. The number of hydrogen-bond donors (Lipinski definition) is 2. The van der Waals surface area contributed by atoms with Crippen molar-refractivity contribution in [3.05, 3.63) is 83.1 Å². The molecule has 0 fully saturated rings. The van der Waals surface area contributed by atoms with Crippen LogP contribution < -0.4 is 10.6 Å². The molecule has 1 atom stereocenters. The summed E-state index contributed by atoms with van der Waals surface area (Å²) in [5.74, 6) is 0. The van der Waals surface area contributed by atoms with Crippen molar-refractivity contribution in [3.63, 3.8) is 0 Å². The fourth-order valence-electron chi connectivity index (χ4n) is 2.68. The number of nitrogens with one attached hydrogen (secondary N) is 2. The Morgan fingerprint density at radius 1 is 1.15 bits per heavy atom. The van der Waals surface area contributed by atoms with E-state index < -0.39 is 0 Å². The number of urea groups is 1. The third-order valence-electron chi connectivity index (χ3n) is 4.10. The number of nitrogens with zero attached hydrogens (tertiary/aromatic N) is 2. The predicted octanol–water partition coefficient (Wildman–Crippen LogP) is 4.48. The maximum atomic E-state index is 12.2. The average Bonchev–Trinajstić information content (AvgIpc) is 3.15. The molecular formula is C20H21ClN4O. The molecule has 1 aromatic heterocycles. The summed E-state index contributed by atoms with van der Waals surface area (Å²) >= 11 is 5.92. The van der Waals surface area contributed by atoms with Gasteiger partial charge in [-0.15, -0.1) is 0 Å². The molecule has 2 N–H and O–H groups in total. The summed E-state index contributed by atoms with van der Waals surface area (Å²) in [6.45, 7) is 2.44. The molecule has 134 valence electrons. The second-order valence-corrected chi connectivity index (χ2v) is 6.40. The van der Waals surface area contributed by atoms with Gasteiger partial charge in [-0.2, -0.15) is 5.10 Å². The fourth-order valence-corrected chi connectivity index (χ4v) is 2.81. The van der Waals surface area contributed by atoms with Gasteiger partial charge in [-0.1, -0.05) is 48.9 Å². The van der Waals surface area contributed by atoms with Gasteiger partial charge < -0.3 is 10.6 Å². The number of aromatic nitrogens is 2. The van der Waals surface area contributed by atoms with Gasteiger partial charge in [0, 0.05) is 23.3 Å². The number of benzene rings is 2. The first kappa shape index (κ1) is 18.0. The molecule has 1 heterocycles. The highest BCUT2D eigenvalue weighted by Crippen LogP contribution is 2.19. The lowest BCUT2D eigenvalue weighted by Crippen LogP contribution is -2.37. The minimum Gasteiger partial charge on any atom is -0.334 e. The lowest BCUT2D eigenvalue weighted by atomic mass is 10.1. The van der Waals surface area contributed by atoms with Gasteiger partial charge in [0.2, 0.25) is 0 Å². The molecule has 0 saturated carbocycles. The van der Waals surface area contributed by atoms with E-state index in [1.54, 1.807) is 10.9 Å². The normalized spacial score (nSPS) is 11.8. The van der Waals surface area contributed by atoms with Crippen LogP contribution in [-0.4, -0.2) is 15.8 Å². The average molecular weight is 369 g/mol. The van der Waals surface area contributed by atoms with Crippen LogP contribution in [0.1, 0.15) is 30.5 Å². The van der Waals surface area contributed by atoms with Crippen molar-refractivity contribution in [2.45, 2.75) is 25.9 Å². The fraction of sp³-hybridized carbons (Fsp3) is 0.200. The summed E-state index contributed by atoms with van der Waals surface area (Å²) in [5, 5.41) is 10.9. The molecule has 1 unspecified atom stereocenters. The number of carbonyl (C=O) groups excluding carboxylic acids is 1. The number of rotatable bonds is 6. The van der Waals surface area contributed by atoms with E-state index in [1.807, 2.05) is 67.7 Å². The lowest BCUT2D eigenvalue weighted by Gasteiger charge is -2.18. The molecule has 0 aliphatic heterocycles. The molecule has 0 aliphatic rings. The van der Waals surface area contributed by atoms with E-state index in [9.17, 15) is 4.79 Å². The highest BCUT2D eigenvalue weighted by molar-refractivity contribution is 6.30. The molecule has 3 aromatic rings. The van der Waals surface area contributed by atoms with Crippen molar-refractivity contribution in [2.24, 2.45) is 0 Å². The third kappa shape index (κ3) is 4.64. The first-order chi connectivity index (χ1) is 12.7. The van der Waals surface area contributed by atoms with Crippen molar-refractivity contribution >= 4 is 17.6 Å². The van der Waals surface area contributed by atoms with E-state index in [0.717, 1.165) is 23.2 Å². The molecule has 0 aliphatic carbocycles. The molecule has 2 aromatic carbocycles. The number of halogens is 1. The Bertz CT molecular complexity index is 846. The summed E-state index contributed by atoms with van der Waals surface area (Å²) in [6, 6.07) is 17.1. The Morgan fingerprint density at radius 2 is 1.88 bits per heavy atom. The van der Waals surface area contributed by atoms with Gasteiger partial charge >= 0.3 is 6.03 Å². The van der Waals surface area contributed by atoms with Gasteiger partial charge in [-0.05, 0) is 36.2 Å². The van der Waals surface area contributed by atoms with Crippen LogP contribution in [0, 0.1) is 0 Å². The van der Waals surface area contributed by atoms with Crippen molar-refractivity contribution in [3.8, 4) is 5.69 Å². The lowest BCUT2D eigenvalue weighted by molar-refractivity contribution is 0.236. The Morgan fingerprint density at radius 3 is 2.58 bits per heavy atom. The molecule has 0 saturated heterocycles. The van der Waals surface area contributed by atoms with Gasteiger partial charge in [0.25, 0.3) is 0 Å². The highest BCUT2D eigenvalue weighted by atomic mass is 35.5. The Labute approximate surface area is 158 Å². The minimum absolute atomic E-state index is 0.0562. The zero-order chi connectivity index (χ0) is 18.4. The topological polar surface area (TPSA) is 59.0 Å². The van der Waals surface area contributed by atoms with E-state index in [4.69, 9.17) is 11.6 Å². The third-order valence-corrected chi connectivity index (χ3v) is 4.35. The van der Waals surface area contributed by atoms with Crippen LogP contribution in [0.2, 0.25) is 5.02 Å². The van der Waals surface area contributed by atoms with Crippen molar-refractivity contribution < 1.29 is 4.79 Å². The number of carbonyl (C=O) groups is 1. The Hall–Kier alpha value is -2.79. The van der Waals surface area contributed by atoms with Crippen LogP contribution in [0.3, 0.4) is 0 Å². The van der Waals surface area contributed by atoms with Gasteiger partial charge in [0.15, 0.2) is 0 Å². The largest absolute Gasteiger partial charge is 0.334 e. The summed E-state index contributed by atoms with van der Waals surface area (Å²) in [4.78, 5) is 12.2. The minimum atomic E-state index is -0.209. The first-order valence-electron chi connectivity index (χ1n) is 8.54. The molecule has 5 nitrogen and oxygen atoms in total. The van der Waals surface area contributed by atoms with E-state index in [2.05, 4.69) is 15.7 Å². The molecule has 6 heteroatoms. The molecule has 0 bridgehead atoms. The maximum absolute atomic E-state index is 12.2. The summed E-state index contributed by atoms with van der Waals surface area (Å²) in [7, 11) is 0. The molecular weight excluding hydrogens is 348 g/mol. The van der Waals surface area contributed by atoms with Gasteiger partial charge in [-0.25, -0.2) is 9.48 Å². The van der Waals surface area contributed by atoms with Crippen LogP contribution in [-0.2, 0) is 6.54 Å². The van der Waals surface area contributed by atoms with E-state index in [1.165, 1.54) is 0 Å². The summed E-state index contributed by atoms with van der Waals surface area (Å²) in [6.07, 6.45) is 4.46. The van der Waals surface area contributed by atoms with Crippen LogP contribution in [0.25, 0.3) is 5.69 Å². The molecule has 0 radical (unpaired) electrons. The quantitative estimate of drug-likeness (QED) is 0.674. The van der Waals surface area contributed by atoms with Crippen molar-refractivity contribution in [1.29, 1.82) is 0 Å². The summed E-state index contributed by atoms with van der Waals surface area (Å²) < 4.78 is 1.79. The number of hydrogen-bond acceptors (Lipinski definition) is 2. The smallest absolute Gasteiger partial charge is 0.315 e. The van der Waals surface area contributed by atoms with Crippen LogP contribution in [0.4, 0.5) is 4.79 Å². The standard InChI is InChI=1S/C20H21ClN4O/c1-2-19(16-8-10-17(21)11-9-16)24-20(26)22-12-15-13-23-25(14-15)18-6-4-3-5-7-18/h3-11,13-14,19H,2,12H2,1H3,(H2,22,24,26). The van der Waals surface area contributed by atoms with Crippen LogP contribution in [0.5, 0.6) is 0 Å². The zero-order valence-corrected chi connectivity index (χ0v) is 15.3. The highest BCUT2D eigenvalue weighted by Gasteiger charge is 2.12. The summed E-state index contributed by atoms with van der Waals surface area (Å²) in [5.41, 5.74) is 2.95. The molecule has 0 spiro atoms. The van der Waals surface area contributed by atoms with Crippen LogP contribution in [0.15, 0.2) is 67.0 Å². The first-order valence-corrected chi connectivity index (χ1v) is 8.92. The second-order valence-electron chi connectivity index (χ2n) is 5.97. The van der Waals surface area contributed by atoms with E-state index >= 15 is 0 Å². The number of amides is 2. The van der Waals surface area contributed by atoms with Crippen molar-refractivity contribution in [1.82, 2.24) is 20.4 Å². The SMILES string of the molecule is CCC(NC(=O)NCc1cnn(-c2ccccc2)c1)c1ccc(Cl)cc1. The zero-order valence-electron chi connectivity index (χ0n) is 14.5. The second kappa shape index (κ2) is 8.54. The predicted molar refractivity (Wildman–Crippen MR) is 103 cm³/mol. The Balaban J connectivity index is 1.55. The molecule has 2 amide bonds. The van der Waals surface area contributed by atoms with Gasteiger partial charge in [-0.3, -0.25) is 0 Å². The Kier molecular flexibility index (Phi) is 5.92. The number of para-hydroxylation sites is 1. The van der Waals surface area contributed by atoms with Crippen LogP contribution >= 0.6 is 11.6 Å². The van der Waals surface area contributed by atoms with E-state index in [-0.39, 0.29) is 12.1 Å². The van der Waals surface area contributed by atoms with Gasteiger partial charge in [0.05, 0.1) is 17.9 Å². The van der Waals surface area contributed by atoms with Gasteiger partial charge in [0.1, 0.15) is 0 Å². The molecule has 3 rings (SSSR count). The van der Waals surface area contributed by atoms with Crippen molar-refractivity contribution in [2.75, 3.05) is 0 Å².